The minimum absolute atomic E-state index is 0.930. The van der Waals surface area contributed by atoms with Crippen molar-refractivity contribution >= 4 is 21.6 Å². The van der Waals surface area contributed by atoms with Crippen LogP contribution >= 0.6 is 15.9 Å². The van der Waals surface area contributed by atoms with Crippen molar-refractivity contribution in [2.24, 2.45) is 0 Å². The van der Waals surface area contributed by atoms with Crippen LogP contribution in [-0.2, 0) is 6.54 Å². The Morgan fingerprint density at radius 2 is 2.06 bits per heavy atom. The smallest absolute Gasteiger partial charge is 0.0410 e. The van der Waals surface area contributed by atoms with Crippen molar-refractivity contribution in [2.45, 2.75) is 26.8 Å². The van der Waals surface area contributed by atoms with Crippen molar-refractivity contribution in [3.63, 3.8) is 0 Å². The third kappa shape index (κ3) is 3.80. The van der Waals surface area contributed by atoms with Crippen LogP contribution in [-0.4, -0.2) is 20.1 Å². The largest absolute Gasteiger partial charge is 0.374 e. The molecule has 3 heteroatoms. The number of benzene rings is 1. The highest BCUT2D eigenvalue weighted by Crippen LogP contribution is 2.24. The second-order valence-corrected chi connectivity index (χ2v) is 4.89. The van der Waals surface area contributed by atoms with Crippen molar-refractivity contribution in [1.29, 1.82) is 0 Å². The topological polar surface area (TPSA) is 15.3 Å². The Labute approximate surface area is 107 Å². The van der Waals surface area contributed by atoms with Gasteiger partial charge in [0.15, 0.2) is 0 Å². The van der Waals surface area contributed by atoms with Gasteiger partial charge in [-0.15, -0.1) is 0 Å². The molecule has 1 aromatic carbocycles. The van der Waals surface area contributed by atoms with Crippen molar-refractivity contribution in [1.82, 2.24) is 5.32 Å². The molecule has 0 aliphatic carbocycles. The van der Waals surface area contributed by atoms with Gasteiger partial charge >= 0.3 is 0 Å². The maximum Gasteiger partial charge on any atom is 0.0410 e. The highest BCUT2D eigenvalue weighted by molar-refractivity contribution is 9.10. The molecule has 1 N–H and O–H groups in total. The fourth-order valence-electron chi connectivity index (χ4n) is 1.78. The Bertz CT molecular complexity index is 326. The van der Waals surface area contributed by atoms with Gasteiger partial charge < -0.3 is 10.2 Å². The van der Waals surface area contributed by atoms with E-state index in [9.17, 15) is 0 Å². The molecule has 0 saturated heterocycles. The number of rotatable bonds is 6. The summed E-state index contributed by atoms with van der Waals surface area (Å²) < 4.78 is 1.15. The highest BCUT2D eigenvalue weighted by Gasteiger charge is 2.06. The number of hydrogen-bond donors (Lipinski definition) is 1. The first kappa shape index (κ1) is 13.5. The predicted molar refractivity (Wildman–Crippen MR) is 75.1 cm³/mol. The fourth-order valence-corrected chi connectivity index (χ4v) is 2.19. The second-order valence-electron chi connectivity index (χ2n) is 3.97. The van der Waals surface area contributed by atoms with E-state index in [1.165, 1.54) is 17.7 Å². The number of anilines is 1. The summed E-state index contributed by atoms with van der Waals surface area (Å²) in [6.07, 6.45) is 1.17. The fraction of sp³-hybridized carbons (Fsp3) is 0.538. The molecule has 16 heavy (non-hydrogen) atoms. The summed E-state index contributed by atoms with van der Waals surface area (Å²) in [6, 6.07) is 6.49. The molecule has 1 rings (SSSR count). The maximum atomic E-state index is 3.53. The molecule has 0 amide bonds. The van der Waals surface area contributed by atoms with E-state index in [1.807, 2.05) is 0 Å². The van der Waals surface area contributed by atoms with Crippen LogP contribution in [0.15, 0.2) is 22.7 Å². The van der Waals surface area contributed by atoms with Gasteiger partial charge in [-0.1, -0.05) is 29.8 Å². The van der Waals surface area contributed by atoms with Crippen molar-refractivity contribution in [2.75, 3.05) is 25.0 Å². The molecular weight excluding hydrogens is 264 g/mol. The van der Waals surface area contributed by atoms with E-state index in [1.54, 1.807) is 0 Å². The number of nitrogens with zero attached hydrogens (tertiary/aromatic N) is 1. The van der Waals surface area contributed by atoms with Gasteiger partial charge in [0, 0.05) is 30.3 Å². The summed E-state index contributed by atoms with van der Waals surface area (Å²) in [5.74, 6) is 0. The molecule has 0 aliphatic heterocycles. The summed E-state index contributed by atoms with van der Waals surface area (Å²) in [7, 11) is 2.15. The zero-order chi connectivity index (χ0) is 12.0. The van der Waals surface area contributed by atoms with Crippen LogP contribution in [0.2, 0.25) is 0 Å². The van der Waals surface area contributed by atoms with Gasteiger partial charge in [0.25, 0.3) is 0 Å². The molecule has 90 valence electrons. The molecular formula is C13H21BrN2. The minimum Gasteiger partial charge on any atom is -0.374 e. The van der Waals surface area contributed by atoms with Crippen molar-refractivity contribution < 1.29 is 0 Å². The molecule has 0 bridgehead atoms. The van der Waals surface area contributed by atoms with E-state index in [0.717, 1.165) is 24.1 Å². The maximum absolute atomic E-state index is 3.53. The summed E-state index contributed by atoms with van der Waals surface area (Å²) in [4.78, 5) is 2.32. The monoisotopic (exact) mass is 284 g/mol. The lowest BCUT2D eigenvalue weighted by atomic mass is 10.1. The minimum atomic E-state index is 0.930. The van der Waals surface area contributed by atoms with Gasteiger partial charge in [-0.25, -0.2) is 0 Å². The number of nitrogens with one attached hydrogen (secondary N) is 1. The Morgan fingerprint density at radius 1 is 1.31 bits per heavy atom. The Kier molecular flexibility index (Phi) is 5.85. The van der Waals surface area contributed by atoms with Crippen LogP contribution in [0.3, 0.4) is 0 Å². The first-order chi connectivity index (χ1) is 7.69. The standard InChI is InChI=1S/C13H21BrN2/c1-4-8-16(3)13-7-6-12(14)9-11(13)10-15-5-2/h6-7,9,15H,4-5,8,10H2,1-3H3. The quantitative estimate of drug-likeness (QED) is 0.861. The lowest BCUT2D eigenvalue weighted by Crippen LogP contribution is -2.21. The number of hydrogen-bond acceptors (Lipinski definition) is 2. The van der Waals surface area contributed by atoms with E-state index in [0.29, 0.717) is 0 Å². The molecule has 0 spiro atoms. The highest BCUT2D eigenvalue weighted by atomic mass is 79.9. The SMILES string of the molecule is CCCN(C)c1ccc(Br)cc1CNCC. The van der Waals surface area contributed by atoms with E-state index in [2.05, 4.69) is 65.2 Å². The van der Waals surface area contributed by atoms with Crippen molar-refractivity contribution in [3.05, 3.63) is 28.2 Å². The summed E-state index contributed by atoms with van der Waals surface area (Å²) in [6.45, 7) is 7.37. The Balaban J connectivity index is 2.88. The van der Waals surface area contributed by atoms with E-state index >= 15 is 0 Å². The van der Waals surface area contributed by atoms with Gasteiger partial charge in [-0.2, -0.15) is 0 Å². The molecule has 1 aromatic rings. The third-order valence-electron chi connectivity index (χ3n) is 2.58. The van der Waals surface area contributed by atoms with E-state index < -0.39 is 0 Å². The Hall–Kier alpha value is -0.540. The third-order valence-corrected chi connectivity index (χ3v) is 3.07. The van der Waals surface area contributed by atoms with Crippen LogP contribution in [0.1, 0.15) is 25.8 Å². The molecule has 0 fully saturated rings. The first-order valence-electron chi connectivity index (χ1n) is 5.89. The summed E-state index contributed by atoms with van der Waals surface area (Å²) in [5, 5.41) is 3.38. The van der Waals surface area contributed by atoms with Gasteiger partial charge in [-0.05, 0) is 36.7 Å². The molecule has 0 radical (unpaired) electrons. The van der Waals surface area contributed by atoms with Crippen LogP contribution in [0.25, 0.3) is 0 Å². The zero-order valence-corrected chi connectivity index (χ0v) is 12.0. The van der Waals surface area contributed by atoms with E-state index in [4.69, 9.17) is 0 Å². The molecule has 2 nitrogen and oxygen atoms in total. The van der Waals surface area contributed by atoms with Crippen molar-refractivity contribution in [3.8, 4) is 0 Å². The molecule has 0 saturated carbocycles. The summed E-state index contributed by atoms with van der Waals surface area (Å²) >= 11 is 3.53. The zero-order valence-electron chi connectivity index (χ0n) is 10.4. The van der Waals surface area contributed by atoms with Gasteiger partial charge in [0.05, 0.1) is 0 Å². The molecule has 0 aliphatic rings. The first-order valence-corrected chi connectivity index (χ1v) is 6.68. The van der Waals surface area contributed by atoms with Crippen LogP contribution < -0.4 is 10.2 Å². The average molecular weight is 285 g/mol. The van der Waals surface area contributed by atoms with Crippen LogP contribution in [0.5, 0.6) is 0 Å². The molecule has 0 aromatic heterocycles. The van der Waals surface area contributed by atoms with Gasteiger partial charge in [0.1, 0.15) is 0 Å². The normalized spacial score (nSPS) is 10.5. The lowest BCUT2D eigenvalue weighted by molar-refractivity contribution is 0.721. The lowest BCUT2D eigenvalue weighted by Gasteiger charge is -2.22. The summed E-state index contributed by atoms with van der Waals surface area (Å²) in [5.41, 5.74) is 2.68. The van der Waals surface area contributed by atoms with Gasteiger partial charge in [0.2, 0.25) is 0 Å². The number of halogens is 1. The molecule has 0 atom stereocenters. The average Bonchev–Trinajstić information content (AvgIpc) is 2.26. The predicted octanol–water partition coefficient (Wildman–Crippen LogP) is 3.40. The second kappa shape index (κ2) is 6.92. The molecule has 0 heterocycles. The Morgan fingerprint density at radius 3 is 2.69 bits per heavy atom. The van der Waals surface area contributed by atoms with Crippen LogP contribution in [0, 0.1) is 0 Å². The van der Waals surface area contributed by atoms with Gasteiger partial charge in [-0.3, -0.25) is 0 Å². The molecule has 0 unspecified atom stereocenters. The van der Waals surface area contributed by atoms with E-state index in [-0.39, 0.29) is 0 Å². The van der Waals surface area contributed by atoms with Crippen LogP contribution in [0.4, 0.5) is 5.69 Å².